The van der Waals surface area contributed by atoms with E-state index in [1.54, 1.807) is 6.20 Å². The third kappa shape index (κ3) is 5.12. The molecule has 0 spiro atoms. The minimum atomic E-state index is 0.763. The van der Waals surface area contributed by atoms with Gasteiger partial charge in [-0.1, -0.05) is 13.8 Å². The highest BCUT2D eigenvalue weighted by molar-refractivity contribution is 5.23. The lowest BCUT2D eigenvalue weighted by atomic mass is 10.2. The van der Waals surface area contributed by atoms with Gasteiger partial charge < -0.3 is 10.1 Å². The summed E-state index contributed by atoms with van der Waals surface area (Å²) in [5, 5.41) is 3.38. The summed E-state index contributed by atoms with van der Waals surface area (Å²) in [6.45, 7) is 7.13. The SMILES string of the molecule is CCCNCCc1cncc(OCCC)c1. The molecule has 0 unspecified atom stereocenters. The van der Waals surface area contributed by atoms with E-state index in [-0.39, 0.29) is 0 Å². The Bertz CT molecular complexity index is 289. The molecule has 1 N–H and O–H groups in total. The summed E-state index contributed by atoms with van der Waals surface area (Å²) in [4.78, 5) is 4.18. The summed E-state index contributed by atoms with van der Waals surface area (Å²) >= 11 is 0. The summed E-state index contributed by atoms with van der Waals surface area (Å²) in [5.74, 6) is 0.884. The van der Waals surface area contributed by atoms with Crippen molar-refractivity contribution in [3.63, 3.8) is 0 Å². The van der Waals surface area contributed by atoms with Crippen LogP contribution >= 0.6 is 0 Å². The van der Waals surface area contributed by atoms with Gasteiger partial charge >= 0.3 is 0 Å². The first-order valence-electron chi connectivity index (χ1n) is 6.14. The van der Waals surface area contributed by atoms with Crippen LogP contribution < -0.4 is 10.1 Å². The Morgan fingerprint density at radius 1 is 1.19 bits per heavy atom. The first-order chi connectivity index (χ1) is 7.86. The summed E-state index contributed by atoms with van der Waals surface area (Å²) in [6, 6.07) is 2.08. The van der Waals surface area contributed by atoms with Gasteiger partial charge in [-0.25, -0.2) is 0 Å². The second-order valence-electron chi connectivity index (χ2n) is 3.88. The van der Waals surface area contributed by atoms with Gasteiger partial charge in [-0.2, -0.15) is 0 Å². The molecule has 0 aliphatic carbocycles. The lowest BCUT2D eigenvalue weighted by Crippen LogP contribution is -2.17. The maximum Gasteiger partial charge on any atom is 0.137 e. The number of aromatic nitrogens is 1. The molecule has 0 atom stereocenters. The summed E-state index contributed by atoms with van der Waals surface area (Å²) < 4.78 is 5.54. The highest BCUT2D eigenvalue weighted by Gasteiger charge is 1.97. The van der Waals surface area contributed by atoms with E-state index in [0.29, 0.717) is 0 Å². The normalized spacial score (nSPS) is 10.4. The van der Waals surface area contributed by atoms with Gasteiger partial charge in [-0.15, -0.1) is 0 Å². The molecule has 0 aliphatic heterocycles. The number of pyridine rings is 1. The number of ether oxygens (including phenoxy) is 1. The maximum atomic E-state index is 5.54. The van der Waals surface area contributed by atoms with Crippen LogP contribution in [0.5, 0.6) is 5.75 Å². The monoisotopic (exact) mass is 222 g/mol. The molecule has 0 fully saturated rings. The van der Waals surface area contributed by atoms with E-state index < -0.39 is 0 Å². The molecular formula is C13H22N2O. The smallest absolute Gasteiger partial charge is 0.137 e. The van der Waals surface area contributed by atoms with Crippen LogP contribution in [0, 0.1) is 0 Å². The van der Waals surface area contributed by atoms with Crippen molar-refractivity contribution in [2.24, 2.45) is 0 Å². The molecule has 16 heavy (non-hydrogen) atoms. The summed E-state index contributed by atoms with van der Waals surface area (Å²) in [7, 11) is 0. The highest BCUT2D eigenvalue weighted by atomic mass is 16.5. The van der Waals surface area contributed by atoms with Crippen LogP contribution in [0.15, 0.2) is 18.5 Å². The Morgan fingerprint density at radius 3 is 2.81 bits per heavy atom. The molecule has 1 aromatic heterocycles. The van der Waals surface area contributed by atoms with E-state index in [4.69, 9.17) is 4.74 Å². The van der Waals surface area contributed by atoms with Gasteiger partial charge in [0.25, 0.3) is 0 Å². The van der Waals surface area contributed by atoms with E-state index in [9.17, 15) is 0 Å². The van der Waals surface area contributed by atoms with Crippen molar-refractivity contribution in [3.05, 3.63) is 24.0 Å². The van der Waals surface area contributed by atoms with Crippen LogP contribution in [0.1, 0.15) is 32.3 Å². The van der Waals surface area contributed by atoms with Crippen molar-refractivity contribution >= 4 is 0 Å². The molecular weight excluding hydrogens is 200 g/mol. The van der Waals surface area contributed by atoms with Gasteiger partial charge in [0.1, 0.15) is 5.75 Å². The first-order valence-corrected chi connectivity index (χ1v) is 6.14. The topological polar surface area (TPSA) is 34.2 Å². The zero-order chi connectivity index (χ0) is 11.6. The van der Waals surface area contributed by atoms with Crippen LogP contribution in [0.25, 0.3) is 0 Å². The van der Waals surface area contributed by atoms with Crippen molar-refractivity contribution in [1.29, 1.82) is 0 Å². The Hall–Kier alpha value is -1.09. The maximum absolute atomic E-state index is 5.54. The Morgan fingerprint density at radius 2 is 2.06 bits per heavy atom. The van der Waals surface area contributed by atoms with E-state index in [2.05, 4.69) is 30.2 Å². The lowest BCUT2D eigenvalue weighted by molar-refractivity contribution is 0.316. The fraction of sp³-hybridized carbons (Fsp3) is 0.615. The average Bonchev–Trinajstić information content (AvgIpc) is 2.33. The Balaban J connectivity index is 2.35. The fourth-order valence-corrected chi connectivity index (χ4v) is 1.43. The minimum Gasteiger partial charge on any atom is -0.492 e. The van der Waals surface area contributed by atoms with E-state index >= 15 is 0 Å². The van der Waals surface area contributed by atoms with Crippen molar-refractivity contribution in [2.45, 2.75) is 33.1 Å². The molecule has 3 nitrogen and oxygen atoms in total. The number of nitrogens with one attached hydrogen (secondary N) is 1. The molecule has 0 aromatic carbocycles. The number of hydrogen-bond donors (Lipinski definition) is 1. The molecule has 90 valence electrons. The molecule has 1 heterocycles. The third-order valence-corrected chi connectivity index (χ3v) is 2.26. The number of rotatable bonds is 8. The van der Waals surface area contributed by atoms with Crippen molar-refractivity contribution in [2.75, 3.05) is 19.7 Å². The Labute approximate surface area is 98.2 Å². The molecule has 0 saturated heterocycles. The predicted octanol–water partition coefficient (Wildman–Crippen LogP) is 2.41. The van der Waals surface area contributed by atoms with Gasteiger partial charge in [0.2, 0.25) is 0 Å². The minimum absolute atomic E-state index is 0.763. The van der Waals surface area contributed by atoms with Crippen LogP contribution in [-0.4, -0.2) is 24.7 Å². The third-order valence-electron chi connectivity index (χ3n) is 2.26. The van der Waals surface area contributed by atoms with E-state index in [1.807, 2.05) is 6.20 Å². The van der Waals surface area contributed by atoms with Crippen LogP contribution in [0.4, 0.5) is 0 Å². The molecule has 1 rings (SSSR count). The number of nitrogens with zero attached hydrogens (tertiary/aromatic N) is 1. The van der Waals surface area contributed by atoms with Crippen LogP contribution in [0.3, 0.4) is 0 Å². The molecule has 0 aliphatic rings. The van der Waals surface area contributed by atoms with Crippen molar-refractivity contribution in [3.8, 4) is 5.75 Å². The zero-order valence-corrected chi connectivity index (χ0v) is 10.3. The van der Waals surface area contributed by atoms with Crippen LogP contribution in [-0.2, 0) is 6.42 Å². The number of hydrogen-bond acceptors (Lipinski definition) is 3. The second-order valence-corrected chi connectivity index (χ2v) is 3.88. The average molecular weight is 222 g/mol. The second kappa shape index (κ2) is 8.11. The summed E-state index contributed by atoms with van der Waals surface area (Å²) in [5.41, 5.74) is 1.23. The standard InChI is InChI=1S/C13H22N2O/c1-3-6-14-7-5-12-9-13(11-15-10-12)16-8-4-2/h9-11,14H,3-8H2,1-2H3. The van der Waals surface area contributed by atoms with Crippen LogP contribution in [0.2, 0.25) is 0 Å². The van der Waals surface area contributed by atoms with Gasteiger partial charge in [0.05, 0.1) is 12.8 Å². The lowest BCUT2D eigenvalue weighted by Gasteiger charge is -2.06. The predicted molar refractivity (Wildman–Crippen MR) is 66.9 cm³/mol. The largest absolute Gasteiger partial charge is 0.492 e. The molecule has 0 bridgehead atoms. The Kier molecular flexibility index (Phi) is 6.58. The first kappa shape index (κ1) is 13.0. The summed E-state index contributed by atoms with van der Waals surface area (Å²) in [6.07, 6.45) is 6.90. The van der Waals surface area contributed by atoms with E-state index in [1.165, 1.54) is 12.0 Å². The molecule has 0 saturated carbocycles. The quantitative estimate of drug-likeness (QED) is 0.686. The molecule has 3 heteroatoms. The molecule has 1 aromatic rings. The molecule has 0 radical (unpaired) electrons. The van der Waals surface area contributed by atoms with Crippen molar-refractivity contribution in [1.82, 2.24) is 10.3 Å². The fourth-order valence-electron chi connectivity index (χ4n) is 1.43. The van der Waals surface area contributed by atoms with Gasteiger partial charge in [-0.05, 0) is 44.0 Å². The van der Waals surface area contributed by atoms with Gasteiger partial charge in [0.15, 0.2) is 0 Å². The highest BCUT2D eigenvalue weighted by Crippen LogP contribution is 2.11. The zero-order valence-electron chi connectivity index (χ0n) is 10.3. The van der Waals surface area contributed by atoms with Gasteiger partial charge in [-0.3, -0.25) is 4.98 Å². The van der Waals surface area contributed by atoms with E-state index in [0.717, 1.165) is 38.3 Å². The van der Waals surface area contributed by atoms with Gasteiger partial charge in [0, 0.05) is 6.20 Å². The molecule has 0 amide bonds. The van der Waals surface area contributed by atoms with Crippen molar-refractivity contribution < 1.29 is 4.74 Å².